The quantitative estimate of drug-likeness (QED) is 0.614. The highest BCUT2D eigenvalue weighted by molar-refractivity contribution is 5.86. The lowest BCUT2D eigenvalue weighted by atomic mass is 9.81. The van der Waals surface area contributed by atoms with Gasteiger partial charge in [0.05, 0.1) is 19.3 Å². The van der Waals surface area contributed by atoms with Gasteiger partial charge in [-0.2, -0.15) is 5.26 Å². The highest BCUT2D eigenvalue weighted by Crippen LogP contribution is 2.33. The average Bonchev–Trinajstić information content (AvgIpc) is 3.33. The van der Waals surface area contributed by atoms with Gasteiger partial charge in [0.1, 0.15) is 5.54 Å². The van der Waals surface area contributed by atoms with E-state index in [0.29, 0.717) is 45.2 Å². The van der Waals surface area contributed by atoms with Crippen LogP contribution in [0.4, 0.5) is 0 Å². The van der Waals surface area contributed by atoms with Crippen LogP contribution in [0.15, 0.2) is 30.3 Å². The molecule has 0 aromatic heterocycles. The van der Waals surface area contributed by atoms with E-state index >= 15 is 0 Å². The van der Waals surface area contributed by atoms with Gasteiger partial charge < -0.3 is 15.0 Å². The number of benzene rings is 1. The summed E-state index contributed by atoms with van der Waals surface area (Å²) in [4.78, 5) is 30.8. The van der Waals surface area contributed by atoms with E-state index in [-0.39, 0.29) is 30.2 Å². The van der Waals surface area contributed by atoms with Gasteiger partial charge in [0.15, 0.2) is 0 Å². The lowest BCUT2D eigenvalue weighted by Crippen LogP contribution is -2.52. The van der Waals surface area contributed by atoms with E-state index in [1.54, 1.807) is 0 Å². The van der Waals surface area contributed by atoms with Crippen LogP contribution < -0.4 is 5.32 Å². The molecular weight excluding hydrogens is 440 g/mol. The van der Waals surface area contributed by atoms with E-state index < -0.39 is 5.54 Å². The molecule has 1 aromatic rings. The number of nitriles is 1. The first-order valence-corrected chi connectivity index (χ1v) is 13.4. The zero-order valence-electron chi connectivity index (χ0n) is 21.1. The first-order chi connectivity index (χ1) is 17.0. The highest BCUT2D eigenvalue weighted by Gasteiger charge is 2.43. The monoisotopic (exact) mass is 480 g/mol. The molecule has 1 N–H and O–H groups in total. The number of rotatable bonds is 8. The molecule has 7 heteroatoms. The number of likely N-dealkylation sites (tertiary alicyclic amines) is 1. The molecule has 3 atom stereocenters. The summed E-state index contributed by atoms with van der Waals surface area (Å²) in [5.74, 6) is -0.0126. The summed E-state index contributed by atoms with van der Waals surface area (Å²) < 4.78 is 5.39. The second kappa shape index (κ2) is 12.0. The standard InChI is InChI=1S/C28H40N4O3/c1-22(24-10-6-3-7-11-24)32-13-12-28(20-29,21-32)30-27(34)25(18-23-8-4-2-5-9-23)19-26(33)31-14-16-35-17-15-31/h3,6-7,10-11,22-23,25H,2,4-5,8-9,12-19,21H2,1H3,(H,30,34). The summed E-state index contributed by atoms with van der Waals surface area (Å²) in [6, 6.07) is 12.9. The maximum absolute atomic E-state index is 13.6. The van der Waals surface area contributed by atoms with E-state index in [2.05, 4.69) is 35.3 Å². The molecule has 1 aromatic carbocycles. The zero-order valence-corrected chi connectivity index (χ0v) is 21.1. The molecule has 2 aliphatic heterocycles. The zero-order chi connectivity index (χ0) is 24.7. The number of amides is 2. The molecule has 1 saturated carbocycles. The van der Waals surface area contributed by atoms with E-state index in [1.165, 1.54) is 24.8 Å². The molecule has 7 nitrogen and oxygen atoms in total. The minimum atomic E-state index is -0.910. The van der Waals surface area contributed by atoms with Crippen LogP contribution in [0.2, 0.25) is 0 Å². The van der Waals surface area contributed by atoms with Crippen LogP contribution in [0.5, 0.6) is 0 Å². The van der Waals surface area contributed by atoms with Gasteiger partial charge in [0.25, 0.3) is 0 Å². The number of ether oxygens (including phenoxy) is 1. The van der Waals surface area contributed by atoms with Crippen LogP contribution in [-0.2, 0) is 14.3 Å². The summed E-state index contributed by atoms with van der Waals surface area (Å²) in [7, 11) is 0. The predicted octanol–water partition coefficient (Wildman–Crippen LogP) is 3.67. The topological polar surface area (TPSA) is 85.7 Å². The molecule has 0 spiro atoms. The number of nitrogens with zero attached hydrogens (tertiary/aromatic N) is 3. The van der Waals surface area contributed by atoms with Gasteiger partial charge in [-0.25, -0.2) is 0 Å². The molecule has 2 heterocycles. The fraction of sp³-hybridized carbons (Fsp3) is 0.679. The van der Waals surface area contributed by atoms with Gasteiger partial charge in [0.2, 0.25) is 11.8 Å². The summed E-state index contributed by atoms with van der Waals surface area (Å²) in [5, 5.41) is 13.3. The third-order valence-corrected chi connectivity index (χ3v) is 8.20. The summed E-state index contributed by atoms with van der Waals surface area (Å²) in [6.07, 6.45) is 7.45. The van der Waals surface area contributed by atoms with Crippen molar-refractivity contribution in [2.24, 2.45) is 11.8 Å². The van der Waals surface area contributed by atoms with Gasteiger partial charge in [-0.1, -0.05) is 62.4 Å². The third kappa shape index (κ3) is 6.62. The van der Waals surface area contributed by atoms with E-state index in [9.17, 15) is 14.9 Å². The number of hydrogen-bond donors (Lipinski definition) is 1. The molecule has 2 saturated heterocycles. The Morgan fingerprint density at radius 2 is 1.86 bits per heavy atom. The van der Waals surface area contributed by atoms with Gasteiger partial charge in [-0.3, -0.25) is 14.5 Å². The molecule has 3 fully saturated rings. The maximum Gasteiger partial charge on any atom is 0.224 e. The van der Waals surface area contributed by atoms with Crippen LogP contribution in [-0.4, -0.2) is 66.5 Å². The number of morpholine rings is 1. The van der Waals surface area contributed by atoms with Crippen molar-refractivity contribution in [3.05, 3.63) is 35.9 Å². The van der Waals surface area contributed by atoms with Gasteiger partial charge in [-0.05, 0) is 31.2 Å². The van der Waals surface area contributed by atoms with Crippen LogP contribution in [0, 0.1) is 23.2 Å². The Labute approximate surface area is 209 Å². The molecule has 0 radical (unpaired) electrons. The Morgan fingerprint density at radius 3 is 2.54 bits per heavy atom. The second-order valence-corrected chi connectivity index (χ2v) is 10.6. The number of hydrogen-bond acceptors (Lipinski definition) is 5. The first-order valence-electron chi connectivity index (χ1n) is 13.4. The van der Waals surface area contributed by atoms with Crippen LogP contribution in [0.25, 0.3) is 0 Å². The van der Waals surface area contributed by atoms with E-state index in [4.69, 9.17) is 4.74 Å². The van der Waals surface area contributed by atoms with Crippen LogP contribution >= 0.6 is 0 Å². The van der Waals surface area contributed by atoms with E-state index in [1.807, 2.05) is 23.1 Å². The fourth-order valence-corrected chi connectivity index (χ4v) is 5.93. The smallest absolute Gasteiger partial charge is 0.224 e. The van der Waals surface area contributed by atoms with Crippen molar-refractivity contribution in [3.63, 3.8) is 0 Å². The molecule has 190 valence electrons. The van der Waals surface area contributed by atoms with E-state index in [0.717, 1.165) is 25.8 Å². The van der Waals surface area contributed by atoms with Gasteiger partial charge in [0, 0.05) is 44.6 Å². The summed E-state index contributed by atoms with van der Waals surface area (Å²) in [6.45, 7) is 5.69. The summed E-state index contributed by atoms with van der Waals surface area (Å²) >= 11 is 0. The van der Waals surface area contributed by atoms with Gasteiger partial charge in [-0.15, -0.1) is 0 Å². The van der Waals surface area contributed by atoms with Crippen molar-refractivity contribution in [3.8, 4) is 6.07 Å². The minimum absolute atomic E-state index is 0.0287. The van der Waals surface area contributed by atoms with Crippen molar-refractivity contribution in [1.82, 2.24) is 15.1 Å². The number of nitrogens with one attached hydrogen (secondary N) is 1. The van der Waals surface area contributed by atoms with Crippen LogP contribution in [0.3, 0.4) is 0 Å². The third-order valence-electron chi connectivity index (χ3n) is 8.20. The fourth-order valence-electron chi connectivity index (χ4n) is 5.93. The lowest BCUT2D eigenvalue weighted by molar-refractivity contribution is -0.140. The lowest BCUT2D eigenvalue weighted by Gasteiger charge is -2.32. The van der Waals surface area contributed by atoms with Crippen LogP contribution in [0.1, 0.15) is 69.9 Å². The molecule has 35 heavy (non-hydrogen) atoms. The molecule has 1 aliphatic carbocycles. The minimum Gasteiger partial charge on any atom is -0.378 e. The molecule has 2 amide bonds. The van der Waals surface area contributed by atoms with Crippen molar-refractivity contribution in [1.29, 1.82) is 5.26 Å². The van der Waals surface area contributed by atoms with Crippen molar-refractivity contribution in [2.45, 2.75) is 69.9 Å². The number of carbonyl (C=O) groups is 2. The Kier molecular flexibility index (Phi) is 8.80. The Morgan fingerprint density at radius 1 is 1.14 bits per heavy atom. The number of carbonyl (C=O) groups excluding carboxylic acids is 2. The molecule has 0 bridgehead atoms. The normalized spacial score (nSPS) is 25.5. The summed E-state index contributed by atoms with van der Waals surface area (Å²) in [5.41, 5.74) is 0.297. The van der Waals surface area contributed by atoms with Gasteiger partial charge >= 0.3 is 0 Å². The predicted molar refractivity (Wildman–Crippen MR) is 134 cm³/mol. The van der Waals surface area contributed by atoms with Crippen molar-refractivity contribution in [2.75, 3.05) is 39.4 Å². The second-order valence-electron chi connectivity index (χ2n) is 10.6. The highest BCUT2D eigenvalue weighted by atomic mass is 16.5. The maximum atomic E-state index is 13.6. The first kappa shape index (κ1) is 25.7. The van der Waals surface area contributed by atoms with Crippen molar-refractivity contribution < 1.29 is 14.3 Å². The molecule has 3 unspecified atom stereocenters. The average molecular weight is 481 g/mol. The Bertz CT molecular complexity index is 889. The SMILES string of the molecule is CC(c1ccccc1)N1CCC(C#N)(NC(=O)C(CC(=O)N2CCOCC2)CC2CCCCC2)C1. The van der Waals surface area contributed by atoms with Crippen molar-refractivity contribution >= 4 is 11.8 Å². The largest absolute Gasteiger partial charge is 0.378 e. The molecule has 3 aliphatic rings. The molecular formula is C28H40N4O3. The Balaban J connectivity index is 1.43. The molecule has 4 rings (SSSR count). The Hall–Kier alpha value is -2.43.